The summed E-state index contributed by atoms with van der Waals surface area (Å²) in [5.74, 6) is 1.23. The quantitative estimate of drug-likeness (QED) is 0.843. The van der Waals surface area contributed by atoms with E-state index in [1.165, 1.54) is 11.3 Å². The predicted octanol–water partition coefficient (Wildman–Crippen LogP) is 2.08. The maximum absolute atomic E-state index is 12.6. The van der Waals surface area contributed by atoms with Gasteiger partial charge in [-0.3, -0.25) is 9.59 Å². The van der Waals surface area contributed by atoms with E-state index in [2.05, 4.69) is 15.5 Å². The summed E-state index contributed by atoms with van der Waals surface area (Å²) in [5.41, 5.74) is 2.61. The number of aryl methyl sites for hydroxylation is 1. The molecule has 1 fully saturated rings. The van der Waals surface area contributed by atoms with E-state index < -0.39 is 0 Å². The molecule has 0 spiro atoms. The van der Waals surface area contributed by atoms with Gasteiger partial charge in [0.05, 0.1) is 5.92 Å². The van der Waals surface area contributed by atoms with E-state index in [4.69, 9.17) is 9.47 Å². The number of aromatic nitrogens is 2. The molecule has 2 aliphatic heterocycles. The Kier molecular flexibility index (Phi) is 5.19. The van der Waals surface area contributed by atoms with Crippen LogP contribution in [0.15, 0.2) is 23.7 Å². The topological polar surface area (TPSA) is 93.7 Å². The third-order valence-electron chi connectivity index (χ3n) is 4.80. The van der Waals surface area contributed by atoms with E-state index in [-0.39, 0.29) is 24.5 Å². The maximum Gasteiger partial charge on any atom is 0.231 e. The van der Waals surface area contributed by atoms with Gasteiger partial charge >= 0.3 is 0 Å². The lowest BCUT2D eigenvalue weighted by molar-refractivity contribution is -0.134. The fraction of sp³-hybridized carbons (Fsp3) is 0.444. The molecule has 2 aliphatic rings. The second kappa shape index (κ2) is 7.91. The number of carbonyl (C=O) groups excluding carboxylic acids is 2. The number of amides is 2. The van der Waals surface area contributed by atoms with Crippen LogP contribution in [0.25, 0.3) is 0 Å². The van der Waals surface area contributed by atoms with Crippen LogP contribution in [0, 0.1) is 5.92 Å². The molecule has 0 bridgehead atoms. The summed E-state index contributed by atoms with van der Waals surface area (Å²) >= 11 is 1.28. The molecule has 0 radical (unpaired) electrons. The highest BCUT2D eigenvalue weighted by atomic mass is 32.1. The fourth-order valence-electron chi connectivity index (χ4n) is 3.36. The summed E-state index contributed by atoms with van der Waals surface area (Å²) in [5, 5.41) is 10.8. The number of piperidine rings is 1. The average molecular weight is 388 g/mol. The smallest absolute Gasteiger partial charge is 0.231 e. The minimum Gasteiger partial charge on any atom is -0.454 e. The van der Waals surface area contributed by atoms with E-state index in [0.717, 1.165) is 29.9 Å². The minimum atomic E-state index is -0.211. The summed E-state index contributed by atoms with van der Waals surface area (Å²) < 4.78 is 10.7. The van der Waals surface area contributed by atoms with Crippen molar-refractivity contribution >= 4 is 28.3 Å². The molecule has 8 nitrogen and oxygen atoms in total. The molecule has 1 N–H and O–H groups in total. The lowest BCUT2D eigenvalue weighted by atomic mass is 9.96. The first-order valence-electron chi connectivity index (χ1n) is 8.92. The van der Waals surface area contributed by atoms with Crippen LogP contribution < -0.4 is 14.8 Å². The lowest BCUT2D eigenvalue weighted by Crippen LogP contribution is -2.43. The lowest BCUT2D eigenvalue weighted by Gasteiger charge is -2.32. The zero-order chi connectivity index (χ0) is 18.6. The van der Waals surface area contributed by atoms with Gasteiger partial charge in [0.25, 0.3) is 0 Å². The van der Waals surface area contributed by atoms with Crippen molar-refractivity contribution in [1.82, 2.24) is 15.1 Å². The summed E-state index contributed by atoms with van der Waals surface area (Å²) in [4.78, 5) is 26.8. The first-order chi connectivity index (χ1) is 13.2. The Labute approximate surface area is 160 Å². The van der Waals surface area contributed by atoms with E-state index in [0.29, 0.717) is 31.1 Å². The zero-order valence-corrected chi connectivity index (χ0v) is 15.5. The van der Waals surface area contributed by atoms with Crippen molar-refractivity contribution in [2.24, 2.45) is 5.92 Å². The standard InChI is InChI=1S/C18H20N4O4S/c23-16(6-4-12-3-5-14-15(8-12)26-11-25-14)22-7-1-2-13(9-22)17(24)20-18-21-19-10-27-18/h3,5,8,10,13H,1-2,4,6-7,9,11H2,(H,20,21,24). The Morgan fingerprint density at radius 1 is 1.30 bits per heavy atom. The third kappa shape index (κ3) is 4.19. The first-order valence-corrected chi connectivity index (χ1v) is 9.80. The van der Waals surface area contributed by atoms with E-state index in [9.17, 15) is 9.59 Å². The van der Waals surface area contributed by atoms with Gasteiger partial charge in [-0.15, -0.1) is 10.2 Å². The Morgan fingerprint density at radius 3 is 3.04 bits per heavy atom. The van der Waals surface area contributed by atoms with Crippen molar-refractivity contribution in [3.8, 4) is 11.5 Å². The average Bonchev–Trinajstić information content (AvgIpc) is 3.37. The normalized spacial score (nSPS) is 18.4. The number of ether oxygens (including phenoxy) is 2. The number of benzene rings is 1. The number of nitrogens with zero attached hydrogens (tertiary/aromatic N) is 3. The van der Waals surface area contributed by atoms with Gasteiger partial charge in [0, 0.05) is 19.5 Å². The van der Waals surface area contributed by atoms with Crippen molar-refractivity contribution in [1.29, 1.82) is 0 Å². The van der Waals surface area contributed by atoms with Gasteiger partial charge in [-0.25, -0.2) is 0 Å². The van der Waals surface area contributed by atoms with E-state index in [1.807, 2.05) is 18.2 Å². The molecule has 0 aliphatic carbocycles. The van der Waals surface area contributed by atoms with Gasteiger partial charge in [0.1, 0.15) is 5.51 Å². The molecule has 1 saturated heterocycles. The van der Waals surface area contributed by atoms with Crippen molar-refractivity contribution in [2.45, 2.75) is 25.7 Å². The molecule has 1 atom stereocenters. The zero-order valence-electron chi connectivity index (χ0n) is 14.7. The van der Waals surface area contributed by atoms with Crippen LogP contribution in [0.4, 0.5) is 5.13 Å². The molecular weight excluding hydrogens is 368 g/mol. The molecule has 9 heteroatoms. The molecule has 4 rings (SSSR count). The molecule has 0 saturated carbocycles. The van der Waals surface area contributed by atoms with Gasteiger partial charge in [0.2, 0.25) is 23.7 Å². The molecule has 27 heavy (non-hydrogen) atoms. The maximum atomic E-state index is 12.6. The Bertz CT molecular complexity index is 827. The number of nitrogens with one attached hydrogen (secondary N) is 1. The number of carbonyl (C=O) groups is 2. The first kappa shape index (κ1) is 17.7. The molecule has 2 amide bonds. The van der Waals surface area contributed by atoms with E-state index in [1.54, 1.807) is 10.4 Å². The van der Waals surface area contributed by atoms with Gasteiger partial charge in [0.15, 0.2) is 11.5 Å². The Hall–Kier alpha value is -2.68. The van der Waals surface area contributed by atoms with Gasteiger partial charge in [-0.1, -0.05) is 17.4 Å². The molecule has 1 unspecified atom stereocenters. The van der Waals surface area contributed by atoms with Gasteiger partial charge in [-0.2, -0.15) is 0 Å². The highest BCUT2D eigenvalue weighted by Gasteiger charge is 2.28. The summed E-state index contributed by atoms with van der Waals surface area (Å²) in [6.45, 7) is 1.39. The van der Waals surface area contributed by atoms with E-state index >= 15 is 0 Å². The highest BCUT2D eigenvalue weighted by molar-refractivity contribution is 7.13. The summed E-state index contributed by atoms with van der Waals surface area (Å²) in [6.07, 6.45) is 2.64. The summed E-state index contributed by atoms with van der Waals surface area (Å²) in [6, 6.07) is 5.75. The molecule has 1 aromatic carbocycles. The van der Waals surface area contributed by atoms with Crippen LogP contribution in [-0.2, 0) is 16.0 Å². The minimum absolute atomic E-state index is 0.0704. The van der Waals surface area contributed by atoms with Crippen LogP contribution >= 0.6 is 11.3 Å². The van der Waals surface area contributed by atoms with Gasteiger partial charge < -0.3 is 19.7 Å². The molecule has 142 valence electrons. The van der Waals surface area contributed by atoms with Crippen LogP contribution in [0.1, 0.15) is 24.8 Å². The predicted molar refractivity (Wildman–Crippen MR) is 98.7 cm³/mol. The Balaban J connectivity index is 1.30. The van der Waals surface area contributed by atoms with Crippen molar-refractivity contribution in [3.63, 3.8) is 0 Å². The highest BCUT2D eigenvalue weighted by Crippen LogP contribution is 2.32. The van der Waals surface area contributed by atoms with Crippen LogP contribution in [-0.4, -0.2) is 46.8 Å². The number of rotatable bonds is 5. The van der Waals surface area contributed by atoms with Gasteiger partial charge in [-0.05, 0) is 37.0 Å². The molecule has 1 aromatic heterocycles. The Morgan fingerprint density at radius 2 is 2.19 bits per heavy atom. The summed E-state index contributed by atoms with van der Waals surface area (Å²) in [7, 11) is 0. The second-order valence-corrected chi connectivity index (χ2v) is 7.43. The number of likely N-dealkylation sites (tertiary alicyclic amines) is 1. The monoisotopic (exact) mass is 388 g/mol. The fourth-order valence-corrected chi connectivity index (χ4v) is 3.81. The van der Waals surface area contributed by atoms with Crippen molar-refractivity contribution in [3.05, 3.63) is 29.3 Å². The second-order valence-electron chi connectivity index (χ2n) is 6.60. The van der Waals surface area contributed by atoms with Crippen LogP contribution in [0.3, 0.4) is 0 Å². The van der Waals surface area contributed by atoms with Crippen LogP contribution in [0.5, 0.6) is 11.5 Å². The number of anilines is 1. The number of hydrogen-bond donors (Lipinski definition) is 1. The largest absolute Gasteiger partial charge is 0.454 e. The third-order valence-corrected chi connectivity index (χ3v) is 5.41. The van der Waals surface area contributed by atoms with Crippen molar-refractivity contribution < 1.29 is 19.1 Å². The van der Waals surface area contributed by atoms with Crippen molar-refractivity contribution in [2.75, 3.05) is 25.2 Å². The molecule has 2 aromatic rings. The molecule has 3 heterocycles. The SMILES string of the molecule is O=C(Nc1nncs1)C1CCCN(C(=O)CCc2ccc3c(c2)OCO3)C1. The van der Waals surface area contributed by atoms with Crippen LogP contribution in [0.2, 0.25) is 0 Å². The number of fused-ring (bicyclic) bond motifs is 1. The molecular formula is C18H20N4O4S. The number of hydrogen-bond acceptors (Lipinski definition) is 7.